The number of benzene rings is 3. The summed E-state index contributed by atoms with van der Waals surface area (Å²) in [6.07, 6.45) is 8.43. The summed E-state index contributed by atoms with van der Waals surface area (Å²) in [6.45, 7) is 9.21. The van der Waals surface area contributed by atoms with E-state index in [1.165, 1.54) is 17.8 Å². The van der Waals surface area contributed by atoms with Crippen LogP contribution in [0.25, 0.3) is 27.7 Å². The zero-order chi connectivity index (χ0) is 33.2. The fourth-order valence-electron chi connectivity index (χ4n) is 6.81. The molecule has 3 heterocycles. The number of hydrogen-bond acceptors (Lipinski definition) is 8. The molecule has 248 valence electrons. The van der Waals surface area contributed by atoms with Gasteiger partial charge in [0.1, 0.15) is 16.8 Å². The lowest BCUT2D eigenvalue weighted by atomic mass is 10.0. The minimum Gasteiger partial charge on any atom is -0.451 e. The molecular formula is C37H39FN6O4. The van der Waals surface area contributed by atoms with Gasteiger partial charge in [0, 0.05) is 51.3 Å². The summed E-state index contributed by atoms with van der Waals surface area (Å²) in [5.41, 5.74) is 10.7. The molecule has 0 unspecified atom stereocenters. The molecule has 1 fully saturated rings. The van der Waals surface area contributed by atoms with Crippen LogP contribution in [0.1, 0.15) is 34.3 Å². The Hall–Kier alpha value is -5.13. The van der Waals surface area contributed by atoms with Gasteiger partial charge in [-0.1, -0.05) is 30.8 Å². The molecule has 1 amide bonds. The fourth-order valence-corrected chi connectivity index (χ4v) is 6.81. The summed E-state index contributed by atoms with van der Waals surface area (Å²) in [6, 6.07) is 13.5. The smallest absolute Gasteiger partial charge is 0.256 e. The highest BCUT2D eigenvalue weighted by Crippen LogP contribution is 2.48. The van der Waals surface area contributed by atoms with Gasteiger partial charge >= 0.3 is 0 Å². The van der Waals surface area contributed by atoms with Crippen LogP contribution in [0.4, 0.5) is 10.1 Å². The molecule has 1 aromatic heterocycles. The Bertz CT molecular complexity index is 1980. The van der Waals surface area contributed by atoms with Gasteiger partial charge in [-0.15, -0.1) is 0 Å². The van der Waals surface area contributed by atoms with Gasteiger partial charge < -0.3 is 35.3 Å². The Labute approximate surface area is 278 Å². The van der Waals surface area contributed by atoms with Gasteiger partial charge in [0.15, 0.2) is 17.3 Å². The third kappa shape index (κ3) is 5.91. The number of fused-ring (bicyclic) bond motifs is 5. The highest BCUT2D eigenvalue weighted by Gasteiger charge is 2.31. The minimum atomic E-state index is -0.612. The zero-order valence-corrected chi connectivity index (χ0v) is 26.8. The average molecular weight is 651 g/mol. The molecule has 0 saturated carbocycles. The van der Waals surface area contributed by atoms with Crippen LogP contribution in [0.3, 0.4) is 0 Å². The van der Waals surface area contributed by atoms with E-state index in [0.717, 1.165) is 62.4 Å². The lowest BCUT2D eigenvalue weighted by Crippen LogP contribution is -2.37. The van der Waals surface area contributed by atoms with E-state index in [4.69, 9.17) is 15.2 Å². The van der Waals surface area contributed by atoms with Crippen LogP contribution in [0.2, 0.25) is 0 Å². The van der Waals surface area contributed by atoms with Gasteiger partial charge in [0.25, 0.3) is 5.91 Å². The number of ether oxygens (including phenoxy) is 2. The lowest BCUT2D eigenvalue weighted by molar-refractivity contribution is 0.0378. The van der Waals surface area contributed by atoms with Crippen LogP contribution in [-0.2, 0) is 11.2 Å². The van der Waals surface area contributed by atoms with Crippen LogP contribution in [-0.4, -0.2) is 72.8 Å². The van der Waals surface area contributed by atoms with Crippen molar-refractivity contribution in [3.05, 3.63) is 107 Å². The molecule has 3 aromatic carbocycles. The number of aromatic nitrogens is 1. The predicted octanol–water partition coefficient (Wildman–Crippen LogP) is 4.94. The van der Waals surface area contributed by atoms with Crippen LogP contribution in [0, 0.1) is 5.82 Å². The van der Waals surface area contributed by atoms with E-state index >= 15 is 4.39 Å². The molecule has 0 radical (unpaired) electrons. The van der Waals surface area contributed by atoms with Crippen LogP contribution < -0.4 is 26.5 Å². The SMILES string of the molecule is C=CN(/C=C\N)CCCNC(=O)c1cn2c3c(c(NCCCN4CCOCC4)c(F)cc3c1=O)Oc1cc3c(cc1-2)-c1ccccc1C3. The molecule has 0 atom stereocenters. The quantitative estimate of drug-likeness (QED) is 0.160. The maximum atomic E-state index is 16.0. The Morgan fingerprint density at radius 2 is 1.92 bits per heavy atom. The van der Waals surface area contributed by atoms with Crippen molar-refractivity contribution in [1.29, 1.82) is 0 Å². The molecule has 11 heteroatoms. The summed E-state index contributed by atoms with van der Waals surface area (Å²) in [5, 5.41) is 6.19. The number of morpholine rings is 1. The third-order valence-electron chi connectivity index (χ3n) is 9.23. The second-order valence-corrected chi connectivity index (χ2v) is 12.2. The largest absolute Gasteiger partial charge is 0.451 e. The summed E-state index contributed by atoms with van der Waals surface area (Å²) in [5.74, 6) is -0.373. The summed E-state index contributed by atoms with van der Waals surface area (Å²) in [4.78, 5) is 31.5. The van der Waals surface area contributed by atoms with Crippen molar-refractivity contribution < 1.29 is 18.7 Å². The molecule has 0 bridgehead atoms. The van der Waals surface area contributed by atoms with Crippen molar-refractivity contribution in [2.45, 2.75) is 19.3 Å². The normalized spacial score (nSPS) is 14.7. The van der Waals surface area contributed by atoms with Crippen molar-refractivity contribution in [3.8, 4) is 28.3 Å². The Morgan fingerprint density at radius 1 is 1.08 bits per heavy atom. The summed E-state index contributed by atoms with van der Waals surface area (Å²) in [7, 11) is 0. The van der Waals surface area contributed by atoms with Crippen molar-refractivity contribution in [3.63, 3.8) is 0 Å². The monoisotopic (exact) mass is 650 g/mol. The van der Waals surface area contributed by atoms with Crippen LogP contribution in [0.15, 0.2) is 78.6 Å². The number of nitrogens with zero attached hydrogens (tertiary/aromatic N) is 3. The number of nitrogens with two attached hydrogens (primary N) is 1. The van der Waals surface area contributed by atoms with Crippen molar-refractivity contribution in [2.24, 2.45) is 5.73 Å². The molecule has 1 saturated heterocycles. The first-order chi connectivity index (χ1) is 23.5. The third-order valence-corrected chi connectivity index (χ3v) is 9.23. The number of anilines is 1. The second-order valence-electron chi connectivity index (χ2n) is 12.2. The van der Waals surface area contributed by atoms with Gasteiger partial charge in [0.2, 0.25) is 5.43 Å². The number of amides is 1. The first-order valence-electron chi connectivity index (χ1n) is 16.4. The summed E-state index contributed by atoms with van der Waals surface area (Å²) >= 11 is 0. The summed E-state index contributed by atoms with van der Waals surface area (Å²) < 4.78 is 29.7. The van der Waals surface area contributed by atoms with E-state index in [9.17, 15) is 9.59 Å². The first kappa shape index (κ1) is 31.5. The molecule has 7 rings (SSSR count). The number of carbonyl (C=O) groups is 1. The highest BCUT2D eigenvalue weighted by atomic mass is 19.1. The molecule has 4 N–H and O–H groups in total. The Morgan fingerprint density at radius 3 is 2.73 bits per heavy atom. The predicted molar refractivity (Wildman–Crippen MR) is 185 cm³/mol. The van der Waals surface area contributed by atoms with Gasteiger partial charge in [-0.05, 0) is 72.5 Å². The number of nitrogens with one attached hydrogen (secondary N) is 2. The van der Waals surface area contributed by atoms with Crippen LogP contribution in [0.5, 0.6) is 11.5 Å². The Balaban J connectivity index is 1.25. The second kappa shape index (κ2) is 13.5. The maximum absolute atomic E-state index is 16.0. The molecule has 10 nitrogen and oxygen atoms in total. The Kier molecular flexibility index (Phi) is 8.88. The average Bonchev–Trinajstić information content (AvgIpc) is 3.46. The van der Waals surface area contributed by atoms with E-state index in [1.54, 1.807) is 23.5 Å². The maximum Gasteiger partial charge on any atom is 0.256 e. The number of hydrogen-bond donors (Lipinski definition) is 3. The molecule has 3 aliphatic rings. The fraction of sp³-hybridized carbons (Fsp3) is 0.297. The van der Waals surface area contributed by atoms with Gasteiger partial charge in [0.05, 0.1) is 24.3 Å². The van der Waals surface area contributed by atoms with Crippen molar-refractivity contribution >= 4 is 22.5 Å². The topological polar surface area (TPSA) is 114 Å². The van der Waals surface area contributed by atoms with Gasteiger partial charge in [-0.2, -0.15) is 0 Å². The number of rotatable bonds is 12. The molecular weight excluding hydrogens is 611 g/mol. The van der Waals surface area contributed by atoms with Gasteiger partial charge in [-0.3, -0.25) is 14.5 Å². The standard InChI is InChI=1S/C37H39FN6O4/c1-2-42(14-9-39)12-6-11-41-37(46)29-23-44-31-22-27-25(19-24-7-3-4-8-26(24)27)20-32(31)48-36-33(30(38)21-28(34(36)44)35(29)45)40-10-5-13-43-15-17-47-18-16-43/h2-4,7-9,14,20-23,40H,1,5-6,10-13,15-19,39H2,(H,41,46)/b14-9-. The van der Waals surface area contributed by atoms with Crippen molar-refractivity contribution in [2.75, 3.05) is 57.8 Å². The molecule has 48 heavy (non-hydrogen) atoms. The minimum absolute atomic E-state index is 0.0738. The molecule has 0 spiro atoms. The molecule has 2 aliphatic heterocycles. The number of pyridine rings is 1. The van der Waals surface area contributed by atoms with E-state index in [0.29, 0.717) is 43.0 Å². The number of carbonyl (C=O) groups excluding carboxylic acids is 1. The van der Waals surface area contributed by atoms with E-state index in [2.05, 4.69) is 34.2 Å². The highest BCUT2D eigenvalue weighted by molar-refractivity contribution is 6.01. The molecule has 4 aromatic rings. The van der Waals surface area contributed by atoms with Crippen LogP contribution >= 0.6 is 0 Å². The zero-order valence-electron chi connectivity index (χ0n) is 26.8. The van der Waals surface area contributed by atoms with E-state index < -0.39 is 17.2 Å². The van der Waals surface area contributed by atoms with E-state index in [-0.39, 0.29) is 22.4 Å². The van der Waals surface area contributed by atoms with Gasteiger partial charge in [-0.25, -0.2) is 4.39 Å². The first-order valence-corrected chi connectivity index (χ1v) is 16.4. The molecule has 1 aliphatic carbocycles. The van der Waals surface area contributed by atoms with E-state index in [1.807, 2.05) is 28.8 Å². The van der Waals surface area contributed by atoms with Crippen molar-refractivity contribution in [1.82, 2.24) is 19.7 Å². The lowest BCUT2D eigenvalue weighted by Gasteiger charge is -2.28. The number of halogens is 1.